The summed E-state index contributed by atoms with van der Waals surface area (Å²) in [7, 11) is 1.57. The maximum absolute atomic E-state index is 13.1. The fraction of sp³-hybridized carbons (Fsp3) is 0.136. The Bertz CT molecular complexity index is 963. The molecule has 0 heterocycles. The normalized spacial score (nSPS) is 10.4. The molecule has 3 aromatic carbocycles. The third-order valence-electron chi connectivity index (χ3n) is 4.14. The molecular formula is C22H19ClFNO2S. The molecule has 3 rings (SSSR count). The Balaban J connectivity index is 1.77. The first-order valence-corrected chi connectivity index (χ1v) is 9.43. The number of hydrogen-bond acceptors (Lipinski definition) is 3. The monoisotopic (exact) mass is 415 g/mol. The summed E-state index contributed by atoms with van der Waals surface area (Å²) in [5, 5.41) is 3.89. The van der Waals surface area contributed by atoms with Crippen molar-refractivity contribution in [2.24, 2.45) is 0 Å². The van der Waals surface area contributed by atoms with Crippen LogP contribution in [0.5, 0.6) is 11.5 Å². The predicted octanol–water partition coefficient (Wildman–Crippen LogP) is 5.53. The van der Waals surface area contributed by atoms with Gasteiger partial charge in [-0.2, -0.15) is 0 Å². The number of thiocarbonyl (C=S) groups is 1. The minimum absolute atomic E-state index is 0.265. The highest BCUT2D eigenvalue weighted by Gasteiger charge is 2.15. The lowest BCUT2D eigenvalue weighted by atomic mass is 10.1. The molecule has 0 saturated heterocycles. The summed E-state index contributed by atoms with van der Waals surface area (Å²) in [6.07, 6.45) is 0. The SMILES string of the molecule is COc1cccc(C(=S)NCc2ccccc2Cl)c1OCc1ccc(F)cc1. The number of benzene rings is 3. The molecule has 6 heteroatoms. The molecule has 0 aliphatic carbocycles. The van der Waals surface area contributed by atoms with Gasteiger partial charge in [-0.15, -0.1) is 0 Å². The predicted molar refractivity (Wildman–Crippen MR) is 114 cm³/mol. The lowest BCUT2D eigenvalue weighted by Crippen LogP contribution is -2.22. The highest BCUT2D eigenvalue weighted by Crippen LogP contribution is 2.32. The minimum Gasteiger partial charge on any atom is -0.493 e. The zero-order valence-electron chi connectivity index (χ0n) is 15.2. The standard InChI is InChI=1S/C22H19ClFNO2S/c1-26-20-8-4-6-18(21(20)27-14-15-9-11-17(24)12-10-15)22(28)25-13-16-5-2-3-7-19(16)23/h2-12H,13-14H2,1H3,(H,25,28). The van der Waals surface area contributed by atoms with Crippen molar-refractivity contribution in [3.63, 3.8) is 0 Å². The van der Waals surface area contributed by atoms with Crippen LogP contribution in [0.15, 0.2) is 66.7 Å². The lowest BCUT2D eigenvalue weighted by Gasteiger charge is -2.17. The van der Waals surface area contributed by atoms with Gasteiger partial charge in [0, 0.05) is 11.6 Å². The number of hydrogen-bond donors (Lipinski definition) is 1. The van der Waals surface area contributed by atoms with Crippen molar-refractivity contribution >= 4 is 28.8 Å². The number of rotatable bonds is 7. The number of halogens is 2. The van der Waals surface area contributed by atoms with Gasteiger partial charge in [0.25, 0.3) is 0 Å². The van der Waals surface area contributed by atoms with Crippen LogP contribution in [-0.4, -0.2) is 12.1 Å². The Kier molecular flexibility index (Phi) is 6.85. The summed E-state index contributed by atoms with van der Waals surface area (Å²) >= 11 is 11.8. The van der Waals surface area contributed by atoms with Gasteiger partial charge in [-0.1, -0.05) is 60.2 Å². The zero-order valence-corrected chi connectivity index (χ0v) is 16.8. The van der Waals surface area contributed by atoms with Gasteiger partial charge >= 0.3 is 0 Å². The Morgan fingerprint density at radius 1 is 1.04 bits per heavy atom. The van der Waals surface area contributed by atoms with Crippen LogP contribution in [-0.2, 0) is 13.2 Å². The van der Waals surface area contributed by atoms with Crippen molar-refractivity contribution in [2.45, 2.75) is 13.2 Å². The van der Waals surface area contributed by atoms with Crippen molar-refractivity contribution in [1.82, 2.24) is 5.32 Å². The molecule has 0 atom stereocenters. The smallest absolute Gasteiger partial charge is 0.171 e. The quantitative estimate of drug-likeness (QED) is 0.514. The topological polar surface area (TPSA) is 30.5 Å². The van der Waals surface area contributed by atoms with Crippen molar-refractivity contribution < 1.29 is 13.9 Å². The second-order valence-corrected chi connectivity index (χ2v) is 6.84. The summed E-state index contributed by atoms with van der Waals surface area (Å²) < 4.78 is 24.5. The molecule has 0 aliphatic rings. The summed E-state index contributed by atoms with van der Waals surface area (Å²) in [6, 6.07) is 19.3. The molecule has 28 heavy (non-hydrogen) atoms. The molecule has 0 aromatic heterocycles. The van der Waals surface area contributed by atoms with E-state index in [9.17, 15) is 4.39 Å². The highest BCUT2D eigenvalue weighted by molar-refractivity contribution is 7.80. The van der Waals surface area contributed by atoms with E-state index in [1.165, 1.54) is 12.1 Å². The Morgan fingerprint density at radius 3 is 2.50 bits per heavy atom. The molecule has 0 fully saturated rings. The largest absolute Gasteiger partial charge is 0.493 e. The minimum atomic E-state index is -0.285. The van der Waals surface area contributed by atoms with Gasteiger partial charge in [0.2, 0.25) is 0 Å². The molecular weight excluding hydrogens is 397 g/mol. The Morgan fingerprint density at radius 2 is 1.79 bits per heavy atom. The van der Waals surface area contributed by atoms with E-state index >= 15 is 0 Å². The summed E-state index contributed by atoms with van der Waals surface area (Å²) in [4.78, 5) is 0.521. The van der Waals surface area contributed by atoms with Gasteiger partial charge in [-0.05, 0) is 41.5 Å². The molecule has 3 nitrogen and oxygen atoms in total. The number of nitrogens with one attached hydrogen (secondary N) is 1. The second kappa shape index (κ2) is 9.53. The van der Waals surface area contributed by atoms with E-state index in [1.54, 1.807) is 25.3 Å². The summed E-state index contributed by atoms with van der Waals surface area (Å²) in [5.41, 5.74) is 2.50. The van der Waals surface area contributed by atoms with Crippen molar-refractivity contribution in [1.29, 1.82) is 0 Å². The van der Waals surface area contributed by atoms with Crippen LogP contribution < -0.4 is 14.8 Å². The molecule has 0 spiro atoms. The third-order valence-corrected chi connectivity index (χ3v) is 4.87. The number of para-hydroxylation sites is 1. The van der Waals surface area contributed by atoms with E-state index in [2.05, 4.69) is 5.32 Å². The average Bonchev–Trinajstić information content (AvgIpc) is 2.72. The molecule has 3 aromatic rings. The first-order chi connectivity index (χ1) is 13.6. The number of ether oxygens (including phenoxy) is 2. The summed E-state index contributed by atoms with van der Waals surface area (Å²) in [5.74, 6) is 0.819. The zero-order chi connectivity index (χ0) is 19.9. The van der Waals surface area contributed by atoms with E-state index in [0.29, 0.717) is 33.6 Å². The van der Waals surface area contributed by atoms with Crippen LogP contribution >= 0.6 is 23.8 Å². The van der Waals surface area contributed by atoms with Gasteiger partial charge in [0.05, 0.1) is 12.7 Å². The van der Waals surface area contributed by atoms with Gasteiger partial charge < -0.3 is 14.8 Å². The van der Waals surface area contributed by atoms with Gasteiger partial charge in [0.1, 0.15) is 17.4 Å². The molecule has 0 bridgehead atoms. The highest BCUT2D eigenvalue weighted by atomic mass is 35.5. The van der Waals surface area contributed by atoms with Gasteiger partial charge in [-0.3, -0.25) is 0 Å². The van der Waals surface area contributed by atoms with Crippen LogP contribution in [0.25, 0.3) is 0 Å². The van der Waals surface area contributed by atoms with E-state index < -0.39 is 0 Å². The van der Waals surface area contributed by atoms with E-state index in [-0.39, 0.29) is 12.4 Å². The maximum Gasteiger partial charge on any atom is 0.171 e. The molecule has 0 saturated carbocycles. The van der Waals surface area contributed by atoms with E-state index in [0.717, 1.165) is 11.1 Å². The van der Waals surface area contributed by atoms with E-state index in [4.69, 9.17) is 33.3 Å². The molecule has 0 amide bonds. The van der Waals surface area contributed by atoms with Crippen LogP contribution in [0.2, 0.25) is 5.02 Å². The fourth-order valence-corrected chi connectivity index (χ4v) is 3.09. The number of methoxy groups -OCH3 is 1. The Hall–Kier alpha value is -2.63. The fourth-order valence-electron chi connectivity index (χ4n) is 2.65. The van der Waals surface area contributed by atoms with Crippen LogP contribution in [0.1, 0.15) is 16.7 Å². The summed E-state index contributed by atoms with van der Waals surface area (Å²) in [6.45, 7) is 0.758. The lowest BCUT2D eigenvalue weighted by molar-refractivity contribution is 0.284. The van der Waals surface area contributed by atoms with Crippen LogP contribution in [0, 0.1) is 5.82 Å². The van der Waals surface area contributed by atoms with Crippen LogP contribution in [0.4, 0.5) is 4.39 Å². The van der Waals surface area contributed by atoms with Crippen LogP contribution in [0.3, 0.4) is 0 Å². The maximum atomic E-state index is 13.1. The molecule has 0 unspecified atom stereocenters. The first kappa shape index (κ1) is 20.1. The second-order valence-electron chi connectivity index (χ2n) is 6.03. The molecule has 144 valence electrons. The van der Waals surface area contributed by atoms with Crippen molar-refractivity contribution in [3.05, 3.63) is 94.3 Å². The van der Waals surface area contributed by atoms with Crippen molar-refractivity contribution in [3.8, 4) is 11.5 Å². The first-order valence-electron chi connectivity index (χ1n) is 8.64. The third kappa shape index (κ3) is 5.00. The molecule has 1 N–H and O–H groups in total. The van der Waals surface area contributed by atoms with Gasteiger partial charge in [0.15, 0.2) is 11.5 Å². The molecule has 0 aliphatic heterocycles. The Labute approximate surface area is 174 Å². The molecule has 0 radical (unpaired) electrons. The average molecular weight is 416 g/mol. The van der Waals surface area contributed by atoms with E-state index in [1.807, 2.05) is 36.4 Å². The van der Waals surface area contributed by atoms with Gasteiger partial charge in [-0.25, -0.2) is 4.39 Å². The van der Waals surface area contributed by atoms with Crippen molar-refractivity contribution in [2.75, 3.05) is 7.11 Å².